The molecule has 3 heterocycles. The summed E-state index contributed by atoms with van der Waals surface area (Å²) in [5.41, 5.74) is 1.63. The van der Waals surface area contributed by atoms with Gasteiger partial charge in [0, 0.05) is 24.1 Å². The smallest absolute Gasteiger partial charge is 0.425 e. The molecule has 6 unspecified atom stereocenters. The molecule has 1 aliphatic heterocycles. The standard InChI is InChI=1S/C24H26F2N6O5S/c1-2-7-38-23-28-21(27-15-9-12(15)11-3-4-13(25)14(26)8-11)18-22(29-23)32(31-30-18)16-10-17(35-6-5-33)20-19(16)36-24(34)37-20/h3-4,8,12,15-17,19-20,33H,2,5-7,9-10H2,1H3,(H,27,28,29). The van der Waals surface area contributed by atoms with Crippen molar-refractivity contribution in [2.75, 3.05) is 24.3 Å². The number of fused-ring (bicyclic) bond motifs is 2. The van der Waals surface area contributed by atoms with Gasteiger partial charge in [0.1, 0.15) is 6.10 Å². The summed E-state index contributed by atoms with van der Waals surface area (Å²) in [6, 6.07) is 3.48. The summed E-state index contributed by atoms with van der Waals surface area (Å²) in [6.45, 7) is 2.00. The summed E-state index contributed by atoms with van der Waals surface area (Å²) < 4.78 is 45.3. The number of aliphatic hydroxyl groups excluding tert-OH is 1. The van der Waals surface area contributed by atoms with Crippen LogP contribution in [0.3, 0.4) is 0 Å². The minimum absolute atomic E-state index is 0.00646. The number of ether oxygens (including phenoxy) is 3. The molecule has 3 aliphatic rings. The van der Waals surface area contributed by atoms with Gasteiger partial charge in [-0.1, -0.05) is 30.0 Å². The lowest BCUT2D eigenvalue weighted by Gasteiger charge is -2.16. The lowest BCUT2D eigenvalue weighted by atomic mass is 10.1. The highest BCUT2D eigenvalue weighted by atomic mass is 32.2. The van der Waals surface area contributed by atoms with Gasteiger partial charge in [-0.05, 0) is 30.5 Å². The van der Waals surface area contributed by atoms with E-state index in [-0.39, 0.29) is 25.2 Å². The van der Waals surface area contributed by atoms with E-state index in [0.717, 1.165) is 24.7 Å². The molecule has 2 aromatic heterocycles. The van der Waals surface area contributed by atoms with Crippen molar-refractivity contribution in [1.29, 1.82) is 0 Å². The molecule has 6 atom stereocenters. The Labute approximate surface area is 220 Å². The van der Waals surface area contributed by atoms with E-state index in [1.165, 1.54) is 17.8 Å². The first-order chi connectivity index (χ1) is 18.5. The molecule has 0 spiro atoms. The minimum atomic E-state index is -0.873. The molecule has 11 nitrogen and oxygen atoms in total. The first kappa shape index (κ1) is 25.2. The SMILES string of the molecule is CCCSc1nc(NC2CC2c2ccc(F)c(F)c2)c2nnn(C3CC(OCCO)C4OC(=O)OC43)c2n1. The molecule has 1 saturated heterocycles. The van der Waals surface area contributed by atoms with Crippen LogP contribution in [0.2, 0.25) is 0 Å². The molecule has 1 aromatic carbocycles. The number of aliphatic hydroxyl groups is 1. The molecule has 2 aliphatic carbocycles. The van der Waals surface area contributed by atoms with Crippen LogP contribution in [0.4, 0.5) is 19.4 Å². The Kier molecular flexibility index (Phi) is 6.78. The van der Waals surface area contributed by atoms with Crippen LogP contribution < -0.4 is 5.32 Å². The first-order valence-corrected chi connectivity index (χ1v) is 13.5. The number of aromatic nitrogens is 5. The summed E-state index contributed by atoms with van der Waals surface area (Å²) in [5, 5.41) is 21.8. The third-order valence-electron chi connectivity index (χ3n) is 6.97. The number of thioether (sulfide) groups is 1. The van der Waals surface area contributed by atoms with Crippen molar-refractivity contribution in [3.05, 3.63) is 35.4 Å². The Morgan fingerprint density at radius 1 is 1.21 bits per heavy atom. The highest BCUT2D eigenvalue weighted by Gasteiger charge is 2.55. The van der Waals surface area contributed by atoms with E-state index in [4.69, 9.17) is 19.2 Å². The van der Waals surface area contributed by atoms with Crippen LogP contribution in [0.1, 0.15) is 43.7 Å². The van der Waals surface area contributed by atoms with Gasteiger partial charge in [0.05, 0.1) is 19.3 Å². The van der Waals surface area contributed by atoms with Crippen LogP contribution in [-0.2, 0) is 14.2 Å². The predicted octanol–water partition coefficient (Wildman–Crippen LogP) is 3.20. The number of hydrogen-bond acceptors (Lipinski definition) is 11. The normalized spacial score (nSPS) is 27.8. The van der Waals surface area contributed by atoms with Crippen molar-refractivity contribution in [1.82, 2.24) is 25.0 Å². The summed E-state index contributed by atoms with van der Waals surface area (Å²) in [6.07, 6.45) is -0.445. The van der Waals surface area contributed by atoms with Crippen molar-refractivity contribution in [3.63, 3.8) is 0 Å². The van der Waals surface area contributed by atoms with Crippen molar-refractivity contribution >= 4 is 34.9 Å². The van der Waals surface area contributed by atoms with Gasteiger partial charge in [-0.2, -0.15) is 0 Å². The van der Waals surface area contributed by atoms with Crippen molar-refractivity contribution in [3.8, 4) is 0 Å². The van der Waals surface area contributed by atoms with Gasteiger partial charge in [0.2, 0.25) is 0 Å². The van der Waals surface area contributed by atoms with Gasteiger partial charge < -0.3 is 24.6 Å². The number of benzene rings is 1. The maximum absolute atomic E-state index is 13.8. The fraction of sp³-hybridized carbons (Fsp3) is 0.542. The minimum Gasteiger partial charge on any atom is -0.425 e. The second-order valence-electron chi connectivity index (χ2n) is 9.53. The van der Waals surface area contributed by atoms with Crippen LogP contribution in [0.25, 0.3) is 11.2 Å². The highest BCUT2D eigenvalue weighted by Crippen LogP contribution is 2.45. The van der Waals surface area contributed by atoms with Crippen molar-refractivity contribution in [2.24, 2.45) is 0 Å². The zero-order valence-electron chi connectivity index (χ0n) is 20.4. The average molecular weight is 549 g/mol. The number of hydrogen-bond donors (Lipinski definition) is 2. The largest absolute Gasteiger partial charge is 0.509 e. The Bertz CT molecular complexity index is 1360. The molecule has 6 rings (SSSR count). The van der Waals surface area contributed by atoms with E-state index in [9.17, 15) is 18.7 Å². The van der Waals surface area contributed by atoms with E-state index >= 15 is 0 Å². The van der Waals surface area contributed by atoms with Gasteiger partial charge >= 0.3 is 6.16 Å². The molecular weight excluding hydrogens is 522 g/mol. The lowest BCUT2D eigenvalue weighted by molar-refractivity contribution is -0.0274. The van der Waals surface area contributed by atoms with E-state index in [1.54, 1.807) is 10.7 Å². The number of nitrogens with zero attached hydrogens (tertiary/aromatic N) is 5. The molecule has 0 radical (unpaired) electrons. The van der Waals surface area contributed by atoms with Gasteiger partial charge in [0.25, 0.3) is 0 Å². The predicted molar refractivity (Wildman–Crippen MR) is 131 cm³/mol. The Hall–Kier alpha value is -3.10. The fourth-order valence-corrected chi connectivity index (χ4v) is 5.81. The maximum atomic E-state index is 13.8. The average Bonchev–Trinajstić information content (AvgIpc) is 3.19. The number of anilines is 1. The molecule has 0 bridgehead atoms. The lowest BCUT2D eigenvalue weighted by Crippen LogP contribution is -2.31. The van der Waals surface area contributed by atoms with Gasteiger partial charge in [0.15, 0.2) is 46.0 Å². The Balaban J connectivity index is 1.30. The number of rotatable bonds is 10. The van der Waals surface area contributed by atoms with Gasteiger partial charge in [-0.15, -0.1) is 5.10 Å². The summed E-state index contributed by atoms with van der Waals surface area (Å²) >= 11 is 1.50. The number of carbonyl (C=O) groups excluding carboxylic acids is 1. The molecular formula is C24H26F2N6O5S. The summed E-state index contributed by atoms with van der Waals surface area (Å²) in [4.78, 5) is 21.3. The summed E-state index contributed by atoms with van der Waals surface area (Å²) in [7, 11) is 0. The Morgan fingerprint density at radius 2 is 2.05 bits per heavy atom. The molecule has 38 heavy (non-hydrogen) atoms. The van der Waals surface area contributed by atoms with E-state index in [1.807, 2.05) is 0 Å². The second-order valence-corrected chi connectivity index (χ2v) is 10.6. The molecule has 3 fully saturated rings. The monoisotopic (exact) mass is 548 g/mol. The van der Waals surface area contributed by atoms with E-state index in [2.05, 4.69) is 27.5 Å². The number of halogens is 2. The van der Waals surface area contributed by atoms with Crippen LogP contribution in [-0.4, -0.2) is 79.5 Å². The van der Waals surface area contributed by atoms with Crippen molar-refractivity contribution < 1.29 is 32.9 Å². The highest BCUT2D eigenvalue weighted by molar-refractivity contribution is 7.99. The Morgan fingerprint density at radius 3 is 2.84 bits per heavy atom. The molecule has 2 saturated carbocycles. The molecule has 0 amide bonds. The third-order valence-corrected chi connectivity index (χ3v) is 8.02. The van der Waals surface area contributed by atoms with Crippen LogP contribution in [0, 0.1) is 11.6 Å². The second kappa shape index (κ2) is 10.2. The molecule has 2 N–H and O–H groups in total. The summed E-state index contributed by atoms with van der Waals surface area (Å²) in [5.74, 6) is -0.429. The van der Waals surface area contributed by atoms with Gasteiger partial charge in [-0.3, -0.25) is 0 Å². The number of nitrogens with one attached hydrogen (secondary N) is 1. The van der Waals surface area contributed by atoms with Crippen LogP contribution in [0.15, 0.2) is 23.4 Å². The molecule has 202 valence electrons. The van der Waals surface area contributed by atoms with Crippen LogP contribution >= 0.6 is 11.8 Å². The zero-order valence-corrected chi connectivity index (χ0v) is 21.2. The number of carbonyl (C=O) groups is 1. The van der Waals surface area contributed by atoms with Crippen molar-refractivity contribution in [2.45, 2.75) is 67.7 Å². The van der Waals surface area contributed by atoms with E-state index in [0.29, 0.717) is 34.1 Å². The zero-order chi connectivity index (χ0) is 26.4. The first-order valence-electron chi connectivity index (χ1n) is 12.5. The van der Waals surface area contributed by atoms with E-state index < -0.39 is 42.1 Å². The molecule has 3 aromatic rings. The van der Waals surface area contributed by atoms with Crippen LogP contribution in [0.5, 0.6) is 0 Å². The maximum Gasteiger partial charge on any atom is 0.509 e. The topological polar surface area (TPSA) is 134 Å². The third kappa shape index (κ3) is 4.64. The molecule has 14 heteroatoms. The quantitative estimate of drug-likeness (QED) is 0.220. The van der Waals surface area contributed by atoms with Gasteiger partial charge in [-0.25, -0.2) is 28.2 Å². The fourth-order valence-electron chi connectivity index (χ4n) is 5.11.